The van der Waals surface area contributed by atoms with Crippen molar-refractivity contribution in [3.05, 3.63) is 53.8 Å². The highest BCUT2D eigenvalue weighted by Gasteiger charge is 2.29. The highest BCUT2D eigenvalue weighted by molar-refractivity contribution is 6.30. The quantitative estimate of drug-likeness (QED) is 0.678. The number of pyridine rings is 1. The van der Waals surface area contributed by atoms with Crippen molar-refractivity contribution < 1.29 is 17.9 Å². The molecule has 0 saturated carbocycles. The number of anilines is 1. The van der Waals surface area contributed by atoms with Gasteiger partial charge in [-0.25, -0.2) is 4.98 Å². The van der Waals surface area contributed by atoms with E-state index in [1.54, 1.807) is 30.3 Å². The van der Waals surface area contributed by atoms with E-state index in [0.717, 1.165) is 18.7 Å². The molecule has 1 unspecified atom stereocenters. The summed E-state index contributed by atoms with van der Waals surface area (Å²) in [6.07, 6.45) is 2.18. The molecular weight excluding hydrogens is 365 g/mol. The average Bonchev–Trinajstić information content (AvgIpc) is 2.61. The molecule has 3 nitrogen and oxygen atoms in total. The highest BCUT2D eigenvalue weighted by Crippen LogP contribution is 2.34. The molecule has 26 heavy (non-hydrogen) atoms. The van der Waals surface area contributed by atoms with Gasteiger partial charge in [0.1, 0.15) is 0 Å². The van der Waals surface area contributed by atoms with Gasteiger partial charge in [-0.2, -0.15) is 13.2 Å². The van der Waals surface area contributed by atoms with Gasteiger partial charge in [0.25, 0.3) is 0 Å². The minimum Gasteiger partial charge on any atom is -0.468 e. The van der Waals surface area contributed by atoms with Crippen molar-refractivity contribution in [2.45, 2.75) is 19.5 Å². The van der Waals surface area contributed by atoms with Crippen molar-refractivity contribution in [2.24, 2.45) is 5.92 Å². The van der Waals surface area contributed by atoms with Crippen LogP contribution in [0.25, 0.3) is 11.1 Å². The second-order valence-electron chi connectivity index (χ2n) is 6.26. The Morgan fingerprint density at radius 3 is 2.62 bits per heavy atom. The normalized spacial score (nSPS) is 17.4. The van der Waals surface area contributed by atoms with Crippen LogP contribution in [-0.4, -0.2) is 24.3 Å². The van der Waals surface area contributed by atoms with Gasteiger partial charge in [0, 0.05) is 23.3 Å². The van der Waals surface area contributed by atoms with Crippen LogP contribution in [0.15, 0.2) is 48.8 Å². The number of benzene rings is 1. The zero-order valence-electron chi connectivity index (χ0n) is 14.1. The third kappa shape index (κ3) is 4.69. The first-order valence-corrected chi connectivity index (χ1v) is 8.60. The first-order valence-electron chi connectivity index (χ1n) is 8.22. The molecular formula is C19H18ClF3N2O. The number of aromatic nitrogens is 1. The lowest BCUT2D eigenvalue weighted by molar-refractivity contribution is -0.154. The Morgan fingerprint density at radius 2 is 2.00 bits per heavy atom. The Kier molecular flexibility index (Phi) is 5.41. The van der Waals surface area contributed by atoms with E-state index in [4.69, 9.17) is 16.3 Å². The fourth-order valence-corrected chi connectivity index (χ4v) is 2.81. The van der Waals surface area contributed by atoms with E-state index in [2.05, 4.69) is 18.0 Å². The zero-order chi connectivity index (χ0) is 18.7. The van der Waals surface area contributed by atoms with Gasteiger partial charge in [-0.3, -0.25) is 0 Å². The fourth-order valence-electron chi connectivity index (χ4n) is 2.68. The van der Waals surface area contributed by atoms with Gasteiger partial charge in [-0.15, -0.1) is 0 Å². The van der Waals surface area contributed by atoms with Crippen LogP contribution in [-0.2, 0) is 0 Å². The molecule has 1 aliphatic rings. The largest absolute Gasteiger partial charge is 0.468 e. The van der Waals surface area contributed by atoms with E-state index < -0.39 is 12.8 Å². The standard InChI is InChI=1S/C19H18ClF3N2O/c1-13-6-8-25(9-7-13)16-10-17(14-2-4-15(20)5-3-14)18(24-11-16)26-12-19(21,22)23/h2-6,8,10-11,13H,7,9,12H2,1H3. The van der Waals surface area contributed by atoms with Gasteiger partial charge in [-0.05, 0) is 36.1 Å². The second-order valence-corrected chi connectivity index (χ2v) is 6.69. The van der Waals surface area contributed by atoms with Crippen molar-refractivity contribution >= 4 is 17.3 Å². The van der Waals surface area contributed by atoms with E-state index in [1.165, 1.54) is 6.20 Å². The number of hydrogen-bond donors (Lipinski definition) is 0. The lowest BCUT2D eigenvalue weighted by Gasteiger charge is -2.26. The van der Waals surface area contributed by atoms with Gasteiger partial charge >= 0.3 is 6.18 Å². The molecule has 1 aliphatic heterocycles. The number of alkyl halides is 3. The summed E-state index contributed by atoms with van der Waals surface area (Å²) in [7, 11) is 0. The SMILES string of the molecule is CC1C=CN(c2cnc(OCC(F)(F)F)c(-c3ccc(Cl)cc3)c2)CC1. The molecule has 0 amide bonds. The molecule has 0 aliphatic carbocycles. The van der Waals surface area contributed by atoms with Gasteiger partial charge in [0.15, 0.2) is 6.61 Å². The molecule has 0 saturated heterocycles. The topological polar surface area (TPSA) is 25.4 Å². The summed E-state index contributed by atoms with van der Waals surface area (Å²) in [5.41, 5.74) is 1.99. The molecule has 1 aromatic heterocycles. The predicted molar refractivity (Wildman–Crippen MR) is 96.5 cm³/mol. The minimum absolute atomic E-state index is 0.0530. The number of hydrogen-bond acceptors (Lipinski definition) is 3. The van der Waals surface area contributed by atoms with E-state index in [9.17, 15) is 13.2 Å². The summed E-state index contributed by atoms with van der Waals surface area (Å²) in [5.74, 6) is 0.451. The first kappa shape index (κ1) is 18.6. The Balaban J connectivity index is 1.96. The number of allylic oxidation sites excluding steroid dienone is 1. The van der Waals surface area contributed by atoms with Crippen LogP contribution in [0, 0.1) is 5.92 Å². The van der Waals surface area contributed by atoms with Gasteiger partial charge < -0.3 is 9.64 Å². The van der Waals surface area contributed by atoms with E-state index >= 15 is 0 Å². The Labute approximate surface area is 155 Å². The Morgan fingerprint density at radius 1 is 1.27 bits per heavy atom. The van der Waals surface area contributed by atoms with E-state index in [1.807, 2.05) is 11.1 Å². The summed E-state index contributed by atoms with van der Waals surface area (Å²) in [4.78, 5) is 6.17. The van der Waals surface area contributed by atoms with Crippen molar-refractivity contribution in [1.82, 2.24) is 4.98 Å². The third-order valence-corrected chi connectivity index (χ3v) is 4.37. The average molecular weight is 383 g/mol. The molecule has 0 spiro atoms. The predicted octanol–water partition coefficient (Wildman–Crippen LogP) is 5.70. The number of halogens is 4. The van der Waals surface area contributed by atoms with Gasteiger partial charge in [0.05, 0.1) is 11.9 Å². The molecule has 0 bridgehead atoms. The molecule has 0 N–H and O–H groups in total. The zero-order valence-corrected chi connectivity index (χ0v) is 14.9. The van der Waals surface area contributed by atoms with Crippen LogP contribution in [0.5, 0.6) is 5.88 Å². The van der Waals surface area contributed by atoms with Crippen LogP contribution in [0.3, 0.4) is 0 Å². The fraction of sp³-hybridized carbons (Fsp3) is 0.316. The van der Waals surface area contributed by atoms with Crippen LogP contribution in [0.4, 0.5) is 18.9 Å². The van der Waals surface area contributed by atoms with Crippen molar-refractivity contribution in [3.8, 4) is 17.0 Å². The van der Waals surface area contributed by atoms with Crippen molar-refractivity contribution in [1.29, 1.82) is 0 Å². The minimum atomic E-state index is -4.43. The number of ether oxygens (including phenoxy) is 1. The number of rotatable bonds is 4. The number of nitrogens with zero attached hydrogens (tertiary/aromatic N) is 2. The molecule has 3 rings (SSSR count). The molecule has 138 valence electrons. The van der Waals surface area contributed by atoms with Crippen molar-refractivity contribution in [3.63, 3.8) is 0 Å². The smallest absolute Gasteiger partial charge is 0.422 e. The van der Waals surface area contributed by atoms with Crippen LogP contribution >= 0.6 is 11.6 Å². The molecule has 0 radical (unpaired) electrons. The Hall–Kier alpha value is -2.21. The molecule has 2 heterocycles. The van der Waals surface area contributed by atoms with Crippen LogP contribution in [0.2, 0.25) is 5.02 Å². The Bertz CT molecular complexity index is 790. The summed E-state index contributed by atoms with van der Waals surface area (Å²) in [6, 6.07) is 8.62. The molecule has 1 atom stereocenters. The summed E-state index contributed by atoms with van der Waals surface area (Å²) in [5, 5.41) is 0.545. The van der Waals surface area contributed by atoms with Crippen LogP contribution < -0.4 is 9.64 Å². The van der Waals surface area contributed by atoms with Crippen LogP contribution in [0.1, 0.15) is 13.3 Å². The second kappa shape index (κ2) is 7.58. The lowest BCUT2D eigenvalue weighted by Crippen LogP contribution is -2.23. The summed E-state index contributed by atoms with van der Waals surface area (Å²) in [6.45, 7) is 1.57. The lowest BCUT2D eigenvalue weighted by atomic mass is 10.0. The van der Waals surface area contributed by atoms with Gasteiger partial charge in [-0.1, -0.05) is 36.7 Å². The first-order chi connectivity index (χ1) is 12.3. The maximum absolute atomic E-state index is 12.5. The third-order valence-electron chi connectivity index (χ3n) is 4.12. The molecule has 1 aromatic carbocycles. The van der Waals surface area contributed by atoms with Gasteiger partial charge in [0.2, 0.25) is 5.88 Å². The van der Waals surface area contributed by atoms with Crippen molar-refractivity contribution in [2.75, 3.05) is 18.1 Å². The monoisotopic (exact) mass is 382 g/mol. The molecule has 2 aromatic rings. The molecule has 7 heteroatoms. The maximum Gasteiger partial charge on any atom is 0.422 e. The van der Waals surface area contributed by atoms with E-state index in [0.29, 0.717) is 22.1 Å². The van der Waals surface area contributed by atoms with E-state index in [-0.39, 0.29) is 5.88 Å². The highest BCUT2D eigenvalue weighted by atomic mass is 35.5. The summed E-state index contributed by atoms with van der Waals surface area (Å²) < 4.78 is 42.6. The molecule has 0 fully saturated rings. The maximum atomic E-state index is 12.5. The summed E-state index contributed by atoms with van der Waals surface area (Å²) >= 11 is 5.91.